The molecule has 23 heavy (non-hydrogen) atoms. The molecule has 3 aliphatic rings. The summed E-state index contributed by atoms with van der Waals surface area (Å²) in [5, 5.41) is 13.9. The molecule has 3 saturated heterocycles. The standard InChI is InChI=1S/C16H18N4O3/c21-8-10-11-7-19(9-16(11)4-3-13(10)23-16)15(22)12-6-17-14-2-1-5-18-20(12)14/h1-2,5-6,10-11,13,21H,3-4,7-9H2/t10-,11+,13+,16+/m1/s1. The fraction of sp³-hybridized carbons (Fsp3) is 0.562. The Morgan fingerprint density at radius 3 is 3.30 bits per heavy atom. The molecule has 5 heterocycles. The quantitative estimate of drug-likeness (QED) is 0.865. The highest BCUT2D eigenvalue weighted by Crippen LogP contribution is 2.54. The summed E-state index contributed by atoms with van der Waals surface area (Å²) < 4.78 is 7.76. The summed E-state index contributed by atoms with van der Waals surface area (Å²) in [6.45, 7) is 1.38. The number of likely N-dealkylation sites (tertiary alicyclic amines) is 1. The average Bonchev–Trinajstić information content (AvgIpc) is 3.31. The van der Waals surface area contributed by atoms with E-state index in [0.29, 0.717) is 24.4 Å². The molecule has 120 valence electrons. The normalized spacial score (nSPS) is 35.2. The molecule has 1 amide bonds. The zero-order chi connectivity index (χ0) is 15.6. The maximum Gasteiger partial charge on any atom is 0.274 e. The van der Waals surface area contributed by atoms with Gasteiger partial charge < -0.3 is 14.7 Å². The van der Waals surface area contributed by atoms with Gasteiger partial charge in [0.25, 0.3) is 5.91 Å². The Hall–Kier alpha value is -1.99. The number of aliphatic hydroxyl groups is 1. The van der Waals surface area contributed by atoms with Gasteiger partial charge in [-0.25, -0.2) is 9.50 Å². The van der Waals surface area contributed by atoms with E-state index in [-0.39, 0.29) is 36.1 Å². The third-order valence-corrected chi connectivity index (χ3v) is 5.78. The van der Waals surface area contributed by atoms with Crippen molar-refractivity contribution in [2.45, 2.75) is 24.5 Å². The molecule has 5 rings (SSSR count). The Morgan fingerprint density at radius 2 is 2.43 bits per heavy atom. The number of hydrogen-bond donors (Lipinski definition) is 1. The molecular weight excluding hydrogens is 296 g/mol. The van der Waals surface area contributed by atoms with E-state index in [1.807, 2.05) is 11.0 Å². The lowest BCUT2D eigenvalue weighted by Gasteiger charge is -2.27. The third-order valence-electron chi connectivity index (χ3n) is 5.78. The van der Waals surface area contributed by atoms with Gasteiger partial charge in [0.2, 0.25) is 0 Å². The van der Waals surface area contributed by atoms with Crippen LogP contribution < -0.4 is 0 Å². The van der Waals surface area contributed by atoms with Crippen molar-refractivity contribution in [1.29, 1.82) is 0 Å². The highest BCUT2D eigenvalue weighted by Gasteiger charge is 2.63. The van der Waals surface area contributed by atoms with Crippen LogP contribution in [0, 0.1) is 11.8 Å². The zero-order valence-corrected chi connectivity index (χ0v) is 12.6. The largest absolute Gasteiger partial charge is 0.396 e. The van der Waals surface area contributed by atoms with Crippen molar-refractivity contribution >= 4 is 11.6 Å². The van der Waals surface area contributed by atoms with E-state index in [9.17, 15) is 9.90 Å². The van der Waals surface area contributed by atoms with Crippen molar-refractivity contribution in [3.63, 3.8) is 0 Å². The average molecular weight is 314 g/mol. The number of hydrogen-bond acceptors (Lipinski definition) is 5. The summed E-state index contributed by atoms with van der Waals surface area (Å²) in [6.07, 6.45) is 5.36. The Morgan fingerprint density at radius 1 is 1.52 bits per heavy atom. The molecule has 0 aliphatic carbocycles. The molecule has 2 aromatic rings. The van der Waals surface area contributed by atoms with Gasteiger partial charge in [0.05, 0.1) is 24.4 Å². The van der Waals surface area contributed by atoms with Crippen molar-refractivity contribution in [3.05, 3.63) is 30.2 Å². The zero-order valence-electron chi connectivity index (χ0n) is 12.6. The fourth-order valence-corrected chi connectivity index (χ4v) is 4.73. The minimum absolute atomic E-state index is 0.0660. The lowest BCUT2D eigenvalue weighted by molar-refractivity contribution is 0.00145. The SMILES string of the molecule is O=C(c1cnc2cccnn12)N1C[C@H]2[C@@H](CO)[C@@H]3CC[C@@]2(C1)O3. The van der Waals surface area contributed by atoms with E-state index >= 15 is 0 Å². The lowest BCUT2D eigenvalue weighted by Crippen LogP contribution is -2.38. The second-order valence-corrected chi connectivity index (χ2v) is 6.84. The highest BCUT2D eigenvalue weighted by atomic mass is 16.5. The Balaban J connectivity index is 1.46. The first-order valence-corrected chi connectivity index (χ1v) is 8.08. The number of nitrogens with zero attached hydrogens (tertiary/aromatic N) is 4. The number of amides is 1. The van der Waals surface area contributed by atoms with Gasteiger partial charge in [0.1, 0.15) is 0 Å². The van der Waals surface area contributed by atoms with Crippen LogP contribution in [0.1, 0.15) is 23.3 Å². The van der Waals surface area contributed by atoms with Crippen LogP contribution in [0.4, 0.5) is 0 Å². The minimum Gasteiger partial charge on any atom is -0.396 e. The minimum atomic E-state index is -0.248. The van der Waals surface area contributed by atoms with Gasteiger partial charge in [-0.1, -0.05) is 0 Å². The van der Waals surface area contributed by atoms with Gasteiger partial charge in [0.15, 0.2) is 11.3 Å². The van der Waals surface area contributed by atoms with Crippen LogP contribution in [0.25, 0.3) is 5.65 Å². The van der Waals surface area contributed by atoms with Crippen LogP contribution >= 0.6 is 0 Å². The van der Waals surface area contributed by atoms with Gasteiger partial charge in [-0.05, 0) is 25.0 Å². The molecule has 4 atom stereocenters. The first kappa shape index (κ1) is 13.4. The summed E-state index contributed by atoms with van der Waals surface area (Å²) in [7, 11) is 0. The number of fused-ring (bicyclic) bond motifs is 2. The highest BCUT2D eigenvalue weighted by molar-refractivity contribution is 5.93. The number of aliphatic hydroxyl groups excluding tert-OH is 1. The van der Waals surface area contributed by atoms with Crippen molar-refractivity contribution in [1.82, 2.24) is 19.5 Å². The van der Waals surface area contributed by atoms with Gasteiger partial charge >= 0.3 is 0 Å². The molecule has 0 saturated carbocycles. The molecule has 0 aromatic carbocycles. The molecular formula is C16H18N4O3. The predicted molar refractivity (Wildman–Crippen MR) is 79.8 cm³/mol. The van der Waals surface area contributed by atoms with Gasteiger partial charge in [-0.3, -0.25) is 4.79 Å². The summed E-state index contributed by atoms with van der Waals surface area (Å²) in [6, 6.07) is 3.63. The van der Waals surface area contributed by atoms with Crippen molar-refractivity contribution < 1.29 is 14.6 Å². The summed E-state index contributed by atoms with van der Waals surface area (Å²) in [5.41, 5.74) is 0.896. The van der Waals surface area contributed by atoms with Crippen molar-refractivity contribution in [3.8, 4) is 0 Å². The predicted octanol–water partition coefficient (Wildman–Crippen LogP) is 0.341. The number of carbonyl (C=O) groups is 1. The Kier molecular flexibility index (Phi) is 2.64. The van der Waals surface area contributed by atoms with Gasteiger partial charge in [-0.2, -0.15) is 5.10 Å². The number of ether oxygens (including phenoxy) is 1. The van der Waals surface area contributed by atoms with E-state index in [1.165, 1.54) is 0 Å². The second-order valence-electron chi connectivity index (χ2n) is 6.84. The van der Waals surface area contributed by atoms with Gasteiger partial charge in [0, 0.05) is 31.2 Å². The van der Waals surface area contributed by atoms with Crippen LogP contribution in [0.5, 0.6) is 0 Å². The number of imidazole rings is 1. The summed E-state index contributed by atoms with van der Waals surface area (Å²) in [4.78, 5) is 19.0. The Bertz CT molecular complexity index is 790. The monoisotopic (exact) mass is 314 g/mol. The van der Waals surface area contributed by atoms with Crippen LogP contribution in [0.2, 0.25) is 0 Å². The number of carbonyl (C=O) groups excluding carboxylic acids is 1. The van der Waals surface area contributed by atoms with E-state index < -0.39 is 0 Å². The van der Waals surface area contributed by atoms with E-state index in [0.717, 1.165) is 12.8 Å². The van der Waals surface area contributed by atoms with E-state index in [2.05, 4.69) is 10.1 Å². The van der Waals surface area contributed by atoms with Crippen LogP contribution in [0.15, 0.2) is 24.5 Å². The summed E-state index contributed by atoms with van der Waals surface area (Å²) in [5.74, 6) is 0.327. The van der Waals surface area contributed by atoms with Crippen LogP contribution in [-0.4, -0.2) is 61.9 Å². The van der Waals surface area contributed by atoms with Gasteiger partial charge in [-0.15, -0.1) is 0 Å². The Labute approximate surface area is 132 Å². The smallest absolute Gasteiger partial charge is 0.274 e. The molecule has 1 N–H and O–H groups in total. The fourth-order valence-electron chi connectivity index (χ4n) is 4.73. The molecule has 3 fully saturated rings. The van der Waals surface area contributed by atoms with Crippen molar-refractivity contribution in [2.24, 2.45) is 11.8 Å². The number of rotatable bonds is 2. The van der Waals surface area contributed by atoms with Crippen molar-refractivity contribution in [2.75, 3.05) is 19.7 Å². The molecule has 0 unspecified atom stereocenters. The first-order valence-electron chi connectivity index (χ1n) is 8.08. The maximum atomic E-state index is 12.9. The maximum absolute atomic E-state index is 12.9. The third kappa shape index (κ3) is 1.69. The second kappa shape index (κ2) is 4.52. The topological polar surface area (TPSA) is 80.0 Å². The molecule has 2 bridgehead atoms. The molecule has 1 spiro atoms. The lowest BCUT2D eigenvalue weighted by atomic mass is 9.74. The molecule has 0 radical (unpaired) electrons. The molecule has 7 heteroatoms. The molecule has 7 nitrogen and oxygen atoms in total. The van der Waals surface area contributed by atoms with Crippen LogP contribution in [-0.2, 0) is 4.74 Å². The molecule has 2 aromatic heterocycles. The summed E-state index contributed by atoms with van der Waals surface area (Å²) >= 11 is 0. The first-order chi connectivity index (χ1) is 11.2. The van der Waals surface area contributed by atoms with Crippen LogP contribution in [0.3, 0.4) is 0 Å². The van der Waals surface area contributed by atoms with E-state index in [1.54, 1.807) is 23.0 Å². The number of aromatic nitrogens is 3. The molecule has 3 aliphatic heterocycles. The van der Waals surface area contributed by atoms with E-state index in [4.69, 9.17) is 4.74 Å².